The molecule has 1 saturated heterocycles. The highest BCUT2D eigenvalue weighted by atomic mass is 32.1. The summed E-state index contributed by atoms with van der Waals surface area (Å²) in [4.78, 5) is 32.6. The summed E-state index contributed by atoms with van der Waals surface area (Å²) in [7, 11) is 0. The molecule has 3 heterocycles. The number of carbonyl (C=O) groups excluding carboxylic acids is 2. The Kier molecular flexibility index (Phi) is 5.67. The van der Waals surface area contributed by atoms with Gasteiger partial charge in [-0.2, -0.15) is 0 Å². The Hall–Kier alpha value is -3.06. The van der Waals surface area contributed by atoms with Crippen molar-refractivity contribution >= 4 is 28.8 Å². The van der Waals surface area contributed by atoms with Gasteiger partial charge in [-0.05, 0) is 54.8 Å². The molecule has 0 saturated carbocycles. The fourth-order valence-electron chi connectivity index (χ4n) is 3.40. The second-order valence-corrected chi connectivity index (χ2v) is 8.05. The maximum absolute atomic E-state index is 13.1. The van der Waals surface area contributed by atoms with Crippen molar-refractivity contribution in [2.75, 3.05) is 18.4 Å². The van der Waals surface area contributed by atoms with E-state index in [4.69, 9.17) is 0 Å². The lowest BCUT2D eigenvalue weighted by Gasteiger charge is -2.31. The summed E-state index contributed by atoms with van der Waals surface area (Å²) in [6.45, 7) is 1.11. The average Bonchev–Trinajstić information content (AvgIpc) is 3.25. The molecule has 148 valence electrons. The van der Waals surface area contributed by atoms with Gasteiger partial charge in [0.25, 0.3) is 5.91 Å². The molecular formula is C22H20FN3O2S. The quantitative estimate of drug-likeness (QED) is 0.693. The molecule has 1 aliphatic heterocycles. The number of anilines is 1. The number of nitrogens with one attached hydrogen (secondary N) is 1. The largest absolute Gasteiger partial charge is 0.338 e. The SMILES string of the molecule is O=C(Nc1ccncc1)C1CCN(C(=O)c2ccc(-c3ccc(F)cc3)s2)CC1. The summed E-state index contributed by atoms with van der Waals surface area (Å²) in [6, 6.07) is 13.5. The van der Waals surface area contributed by atoms with Gasteiger partial charge in [-0.15, -0.1) is 11.3 Å². The Bertz CT molecular complexity index is 996. The first-order valence-electron chi connectivity index (χ1n) is 9.46. The highest BCUT2D eigenvalue weighted by Crippen LogP contribution is 2.30. The van der Waals surface area contributed by atoms with Crippen LogP contribution in [0.5, 0.6) is 0 Å². The van der Waals surface area contributed by atoms with Gasteiger partial charge in [-0.3, -0.25) is 14.6 Å². The number of aromatic nitrogens is 1. The van der Waals surface area contributed by atoms with Crippen molar-refractivity contribution in [2.45, 2.75) is 12.8 Å². The summed E-state index contributed by atoms with van der Waals surface area (Å²) >= 11 is 1.40. The van der Waals surface area contributed by atoms with E-state index in [0.29, 0.717) is 30.8 Å². The van der Waals surface area contributed by atoms with Crippen LogP contribution in [-0.2, 0) is 4.79 Å². The zero-order valence-corrected chi connectivity index (χ0v) is 16.5. The van der Waals surface area contributed by atoms with E-state index < -0.39 is 0 Å². The summed E-state index contributed by atoms with van der Waals surface area (Å²) < 4.78 is 13.1. The van der Waals surface area contributed by atoms with Crippen molar-refractivity contribution in [3.63, 3.8) is 0 Å². The third-order valence-corrected chi connectivity index (χ3v) is 6.17. The first-order valence-corrected chi connectivity index (χ1v) is 10.3. The van der Waals surface area contributed by atoms with Crippen LogP contribution in [-0.4, -0.2) is 34.8 Å². The number of nitrogens with zero attached hydrogens (tertiary/aromatic N) is 2. The zero-order valence-electron chi connectivity index (χ0n) is 15.7. The molecule has 0 radical (unpaired) electrons. The lowest BCUT2D eigenvalue weighted by atomic mass is 9.95. The molecule has 1 aliphatic rings. The van der Waals surface area contributed by atoms with E-state index in [9.17, 15) is 14.0 Å². The molecule has 2 aromatic heterocycles. The standard InChI is InChI=1S/C22H20FN3O2S/c23-17-3-1-15(2-4-17)19-5-6-20(29-19)22(28)26-13-9-16(10-14-26)21(27)25-18-7-11-24-12-8-18/h1-8,11-12,16H,9-10,13-14H2,(H,24,25,27). The maximum atomic E-state index is 13.1. The van der Waals surface area contributed by atoms with Crippen molar-refractivity contribution in [1.29, 1.82) is 0 Å². The number of carbonyl (C=O) groups is 2. The van der Waals surface area contributed by atoms with Gasteiger partial charge in [0.1, 0.15) is 5.82 Å². The van der Waals surface area contributed by atoms with Gasteiger partial charge in [0.15, 0.2) is 0 Å². The Balaban J connectivity index is 1.34. The fraction of sp³-hybridized carbons (Fsp3) is 0.227. The lowest BCUT2D eigenvalue weighted by Crippen LogP contribution is -2.41. The molecular weight excluding hydrogens is 389 g/mol. The molecule has 0 atom stereocenters. The normalized spacial score (nSPS) is 14.6. The van der Waals surface area contributed by atoms with Crippen LogP contribution < -0.4 is 5.32 Å². The molecule has 1 N–H and O–H groups in total. The van der Waals surface area contributed by atoms with Gasteiger partial charge in [0.05, 0.1) is 4.88 Å². The molecule has 2 amide bonds. The van der Waals surface area contributed by atoms with Crippen LogP contribution in [0.2, 0.25) is 0 Å². The van der Waals surface area contributed by atoms with Gasteiger partial charge in [-0.1, -0.05) is 12.1 Å². The molecule has 1 aromatic carbocycles. The van der Waals surface area contributed by atoms with Crippen LogP contribution >= 0.6 is 11.3 Å². The molecule has 7 heteroatoms. The minimum atomic E-state index is -0.280. The van der Waals surface area contributed by atoms with Gasteiger partial charge in [0.2, 0.25) is 5.91 Å². The monoisotopic (exact) mass is 409 g/mol. The second-order valence-electron chi connectivity index (χ2n) is 6.96. The number of rotatable bonds is 4. The van der Waals surface area contributed by atoms with E-state index in [1.54, 1.807) is 41.6 Å². The zero-order chi connectivity index (χ0) is 20.2. The Labute approximate surface area is 172 Å². The summed E-state index contributed by atoms with van der Waals surface area (Å²) in [5.74, 6) is -0.419. The number of piperidine rings is 1. The minimum Gasteiger partial charge on any atom is -0.338 e. The smallest absolute Gasteiger partial charge is 0.263 e. The Morgan fingerprint density at radius 1 is 1.00 bits per heavy atom. The fourth-order valence-corrected chi connectivity index (χ4v) is 4.38. The number of thiophene rings is 1. The van der Waals surface area contributed by atoms with Crippen molar-refractivity contribution in [3.8, 4) is 10.4 Å². The third kappa shape index (κ3) is 4.51. The number of likely N-dealkylation sites (tertiary alicyclic amines) is 1. The average molecular weight is 409 g/mol. The van der Waals surface area contributed by atoms with Crippen molar-refractivity contribution in [2.24, 2.45) is 5.92 Å². The van der Waals surface area contributed by atoms with Gasteiger partial charge in [0, 0.05) is 42.0 Å². The summed E-state index contributed by atoms with van der Waals surface area (Å²) in [6.07, 6.45) is 4.55. The van der Waals surface area contributed by atoms with Crippen molar-refractivity contribution in [3.05, 3.63) is 71.6 Å². The van der Waals surface area contributed by atoms with E-state index in [1.807, 2.05) is 12.1 Å². The summed E-state index contributed by atoms with van der Waals surface area (Å²) in [5.41, 5.74) is 1.62. The Morgan fingerprint density at radius 2 is 1.69 bits per heavy atom. The van der Waals surface area contributed by atoms with Crippen LogP contribution in [0.3, 0.4) is 0 Å². The molecule has 0 unspecified atom stereocenters. The van der Waals surface area contributed by atoms with Crippen LogP contribution in [0, 0.1) is 11.7 Å². The van der Waals surface area contributed by atoms with E-state index in [2.05, 4.69) is 10.3 Å². The van der Waals surface area contributed by atoms with Gasteiger partial charge >= 0.3 is 0 Å². The van der Waals surface area contributed by atoms with E-state index >= 15 is 0 Å². The number of benzene rings is 1. The first-order chi connectivity index (χ1) is 14.1. The molecule has 5 nitrogen and oxygen atoms in total. The Morgan fingerprint density at radius 3 is 2.38 bits per heavy atom. The van der Waals surface area contributed by atoms with Gasteiger partial charge < -0.3 is 10.2 Å². The number of hydrogen-bond donors (Lipinski definition) is 1. The van der Waals surface area contributed by atoms with E-state index in [0.717, 1.165) is 16.1 Å². The van der Waals surface area contributed by atoms with Crippen LogP contribution in [0.1, 0.15) is 22.5 Å². The molecule has 0 bridgehead atoms. The molecule has 0 aliphatic carbocycles. The highest BCUT2D eigenvalue weighted by Gasteiger charge is 2.28. The summed E-state index contributed by atoms with van der Waals surface area (Å²) in [5, 5.41) is 2.91. The van der Waals surface area contributed by atoms with E-state index in [1.165, 1.54) is 23.5 Å². The first kappa shape index (κ1) is 19.3. The number of amides is 2. The maximum Gasteiger partial charge on any atom is 0.263 e. The molecule has 4 rings (SSSR count). The second kappa shape index (κ2) is 8.53. The van der Waals surface area contributed by atoms with Gasteiger partial charge in [-0.25, -0.2) is 4.39 Å². The predicted octanol–water partition coefficient (Wildman–Crippen LogP) is 4.44. The number of halogens is 1. The van der Waals surface area contributed by atoms with Crippen molar-refractivity contribution < 1.29 is 14.0 Å². The topological polar surface area (TPSA) is 62.3 Å². The molecule has 1 fully saturated rings. The highest BCUT2D eigenvalue weighted by molar-refractivity contribution is 7.17. The molecule has 29 heavy (non-hydrogen) atoms. The van der Waals surface area contributed by atoms with Crippen molar-refractivity contribution in [1.82, 2.24) is 9.88 Å². The number of hydrogen-bond acceptors (Lipinski definition) is 4. The van der Waals surface area contributed by atoms with E-state index in [-0.39, 0.29) is 23.5 Å². The number of pyridine rings is 1. The van der Waals surface area contributed by atoms with Crippen LogP contribution in [0.4, 0.5) is 10.1 Å². The minimum absolute atomic E-state index is 0.0157. The molecule has 0 spiro atoms. The molecule has 3 aromatic rings. The van der Waals surface area contributed by atoms with Crippen LogP contribution in [0.15, 0.2) is 60.9 Å². The lowest BCUT2D eigenvalue weighted by molar-refractivity contribution is -0.121. The predicted molar refractivity (Wildman–Crippen MR) is 111 cm³/mol. The van der Waals surface area contributed by atoms with Crippen LogP contribution in [0.25, 0.3) is 10.4 Å². The third-order valence-electron chi connectivity index (χ3n) is 5.05.